The summed E-state index contributed by atoms with van der Waals surface area (Å²) < 4.78 is 28.7. The lowest BCUT2D eigenvalue weighted by atomic mass is 10.2. The normalized spacial score (nSPS) is 12.2. The first-order valence-corrected chi connectivity index (χ1v) is 12.4. The largest absolute Gasteiger partial charge is 0.272 e. The Morgan fingerprint density at radius 3 is 2.45 bits per heavy atom. The third kappa shape index (κ3) is 4.36. The van der Waals surface area contributed by atoms with Crippen LogP contribution >= 0.6 is 11.8 Å². The average molecular weight is 458 g/mol. The molecule has 0 aliphatic rings. The van der Waals surface area contributed by atoms with Gasteiger partial charge in [-0.05, 0) is 24.1 Å². The molecule has 162 valence electrons. The molecule has 2 aromatic carbocycles. The van der Waals surface area contributed by atoms with E-state index < -0.39 is 10.0 Å². The summed E-state index contributed by atoms with van der Waals surface area (Å²) in [7, 11) is -0.163. The van der Waals surface area contributed by atoms with Crippen LogP contribution in [0.1, 0.15) is 12.0 Å². The third-order valence-corrected chi connectivity index (χ3v) is 7.93. The maximum Gasteiger partial charge on any atom is 0.263 e. The van der Waals surface area contributed by atoms with Crippen LogP contribution < -0.4 is 5.56 Å². The Labute approximate surface area is 184 Å². The molecule has 0 saturated heterocycles. The van der Waals surface area contributed by atoms with Gasteiger partial charge in [-0.2, -0.15) is 0 Å². The Kier molecular flexibility index (Phi) is 6.12. The monoisotopic (exact) mass is 457 g/mol. The number of benzene rings is 2. The standard InChI is InChI=1S/C21H23N5O3S2/c1-24(2)31(28,29)14-8-13-30-21-23-22-20-25(15-16-9-4-3-5-10-16)19(27)17-11-6-7-12-18(17)26(20)21/h3-7,9-12H,8,13-15H2,1-2H3. The Balaban J connectivity index is 1.71. The fourth-order valence-corrected chi connectivity index (χ4v) is 5.26. The lowest BCUT2D eigenvalue weighted by Crippen LogP contribution is -2.25. The van der Waals surface area contributed by atoms with E-state index in [0.717, 1.165) is 11.1 Å². The first kappa shape index (κ1) is 21.5. The lowest BCUT2D eigenvalue weighted by Gasteiger charge is -2.12. The zero-order valence-electron chi connectivity index (χ0n) is 17.3. The van der Waals surface area contributed by atoms with Crippen molar-refractivity contribution in [2.24, 2.45) is 0 Å². The van der Waals surface area contributed by atoms with E-state index in [1.807, 2.05) is 52.9 Å². The second-order valence-corrected chi connectivity index (χ2v) is 10.7. The van der Waals surface area contributed by atoms with E-state index in [2.05, 4.69) is 10.2 Å². The molecule has 0 unspecified atom stereocenters. The smallest absolute Gasteiger partial charge is 0.263 e. The van der Waals surface area contributed by atoms with E-state index in [9.17, 15) is 13.2 Å². The number of thioether (sulfide) groups is 1. The second kappa shape index (κ2) is 8.81. The molecular formula is C21H23N5O3S2. The van der Waals surface area contributed by atoms with Gasteiger partial charge in [-0.25, -0.2) is 12.7 Å². The third-order valence-electron chi connectivity index (χ3n) is 5.00. The highest BCUT2D eigenvalue weighted by Crippen LogP contribution is 2.22. The van der Waals surface area contributed by atoms with Gasteiger partial charge in [0.05, 0.1) is 23.2 Å². The van der Waals surface area contributed by atoms with Crippen LogP contribution in [-0.4, -0.2) is 57.5 Å². The van der Waals surface area contributed by atoms with Gasteiger partial charge >= 0.3 is 0 Å². The summed E-state index contributed by atoms with van der Waals surface area (Å²) in [6.07, 6.45) is 0.488. The van der Waals surface area contributed by atoms with E-state index in [1.165, 1.54) is 30.2 Å². The van der Waals surface area contributed by atoms with Gasteiger partial charge in [-0.1, -0.05) is 54.2 Å². The summed E-state index contributed by atoms with van der Waals surface area (Å²) in [5.41, 5.74) is 1.61. The topological polar surface area (TPSA) is 89.6 Å². The molecule has 0 fully saturated rings. The van der Waals surface area contributed by atoms with Crippen LogP contribution in [0.2, 0.25) is 0 Å². The van der Waals surface area contributed by atoms with Gasteiger partial charge in [0.1, 0.15) is 0 Å². The molecule has 0 atom stereocenters. The van der Waals surface area contributed by atoms with E-state index in [4.69, 9.17) is 0 Å². The quantitative estimate of drug-likeness (QED) is 0.298. The molecule has 0 bridgehead atoms. The number of rotatable bonds is 8. The lowest BCUT2D eigenvalue weighted by molar-refractivity contribution is 0.520. The predicted octanol–water partition coefficient (Wildman–Crippen LogP) is 2.47. The average Bonchev–Trinajstić information content (AvgIpc) is 3.19. The van der Waals surface area contributed by atoms with E-state index in [0.29, 0.717) is 35.0 Å². The van der Waals surface area contributed by atoms with Crippen LogP contribution in [-0.2, 0) is 16.6 Å². The van der Waals surface area contributed by atoms with Crippen LogP contribution in [0.3, 0.4) is 0 Å². The van der Waals surface area contributed by atoms with Crippen LogP contribution in [0.25, 0.3) is 16.7 Å². The van der Waals surface area contributed by atoms with Crippen molar-refractivity contribution in [2.75, 3.05) is 25.6 Å². The molecule has 0 saturated carbocycles. The molecule has 0 amide bonds. The van der Waals surface area contributed by atoms with Gasteiger partial charge in [0, 0.05) is 19.8 Å². The number of para-hydroxylation sites is 1. The van der Waals surface area contributed by atoms with Crippen molar-refractivity contribution < 1.29 is 8.42 Å². The van der Waals surface area contributed by atoms with Crippen LogP contribution in [0, 0.1) is 0 Å². The molecular weight excluding hydrogens is 434 g/mol. The van der Waals surface area contributed by atoms with Crippen molar-refractivity contribution in [1.29, 1.82) is 0 Å². The van der Waals surface area contributed by atoms with Gasteiger partial charge in [-0.15, -0.1) is 10.2 Å². The summed E-state index contributed by atoms with van der Waals surface area (Å²) >= 11 is 1.44. The SMILES string of the molecule is CN(C)S(=O)(=O)CCCSc1nnc2n(Cc3ccccc3)c(=O)c3ccccc3n12. The maximum atomic E-state index is 13.2. The highest BCUT2D eigenvalue weighted by Gasteiger charge is 2.18. The Morgan fingerprint density at radius 1 is 1.00 bits per heavy atom. The minimum atomic E-state index is -3.23. The molecule has 0 spiro atoms. The molecule has 0 radical (unpaired) electrons. The second-order valence-electron chi connectivity index (χ2n) is 7.31. The highest BCUT2D eigenvalue weighted by molar-refractivity contribution is 7.99. The molecule has 0 N–H and O–H groups in total. The van der Waals surface area contributed by atoms with Crippen LogP contribution in [0.4, 0.5) is 0 Å². The number of hydrogen-bond acceptors (Lipinski definition) is 6. The van der Waals surface area contributed by atoms with E-state index in [1.54, 1.807) is 10.6 Å². The van der Waals surface area contributed by atoms with Crippen LogP contribution in [0.5, 0.6) is 0 Å². The van der Waals surface area contributed by atoms with Crippen molar-refractivity contribution in [3.05, 3.63) is 70.5 Å². The molecule has 0 aliphatic heterocycles. The fourth-order valence-electron chi connectivity index (χ4n) is 3.32. The molecule has 10 heteroatoms. The molecule has 4 aromatic rings. The predicted molar refractivity (Wildman–Crippen MR) is 123 cm³/mol. The summed E-state index contributed by atoms with van der Waals surface area (Å²) in [5.74, 6) is 1.11. The van der Waals surface area contributed by atoms with Gasteiger partial charge in [0.2, 0.25) is 15.8 Å². The number of hydrogen-bond donors (Lipinski definition) is 0. The Morgan fingerprint density at radius 2 is 1.71 bits per heavy atom. The Bertz CT molecular complexity index is 1380. The molecule has 8 nitrogen and oxygen atoms in total. The first-order chi connectivity index (χ1) is 14.9. The van der Waals surface area contributed by atoms with Crippen molar-refractivity contribution in [3.8, 4) is 0 Å². The van der Waals surface area contributed by atoms with Gasteiger partial charge < -0.3 is 0 Å². The summed E-state index contributed by atoms with van der Waals surface area (Å²) in [6.45, 7) is 0.387. The van der Waals surface area contributed by atoms with Crippen LogP contribution in [0.15, 0.2) is 64.5 Å². The first-order valence-electron chi connectivity index (χ1n) is 9.82. The maximum absolute atomic E-state index is 13.2. The zero-order chi connectivity index (χ0) is 22.0. The number of fused-ring (bicyclic) bond motifs is 3. The molecule has 2 aromatic heterocycles. The summed E-state index contributed by atoms with van der Waals surface area (Å²) in [4.78, 5) is 13.2. The van der Waals surface area contributed by atoms with Crippen molar-refractivity contribution in [1.82, 2.24) is 23.5 Å². The minimum absolute atomic E-state index is 0.0726. The van der Waals surface area contributed by atoms with Gasteiger partial charge in [0.15, 0.2) is 5.16 Å². The number of sulfonamides is 1. The fraction of sp³-hybridized carbons (Fsp3) is 0.286. The Hall–Kier alpha value is -2.69. The van der Waals surface area contributed by atoms with Crippen molar-refractivity contribution >= 4 is 38.5 Å². The zero-order valence-corrected chi connectivity index (χ0v) is 18.9. The van der Waals surface area contributed by atoms with E-state index >= 15 is 0 Å². The number of nitrogens with zero attached hydrogens (tertiary/aromatic N) is 5. The molecule has 0 aliphatic carbocycles. The number of aromatic nitrogens is 4. The summed E-state index contributed by atoms with van der Waals surface area (Å²) in [6, 6.07) is 17.1. The summed E-state index contributed by atoms with van der Waals surface area (Å²) in [5, 5.41) is 9.84. The van der Waals surface area contributed by atoms with Crippen molar-refractivity contribution in [3.63, 3.8) is 0 Å². The minimum Gasteiger partial charge on any atom is -0.272 e. The molecule has 4 rings (SSSR count). The van der Waals surface area contributed by atoms with Crippen molar-refractivity contribution in [2.45, 2.75) is 18.1 Å². The van der Waals surface area contributed by atoms with Gasteiger partial charge in [0.25, 0.3) is 5.56 Å². The molecule has 31 heavy (non-hydrogen) atoms. The molecule has 2 heterocycles. The van der Waals surface area contributed by atoms with E-state index in [-0.39, 0.29) is 11.3 Å². The highest BCUT2D eigenvalue weighted by atomic mass is 32.2. The van der Waals surface area contributed by atoms with Gasteiger partial charge in [-0.3, -0.25) is 13.8 Å².